The zero-order valence-electron chi connectivity index (χ0n) is 15.8. The molecule has 132 valence electrons. The van der Waals surface area contributed by atoms with Gasteiger partial charge >= 0.3 is 0 Å². The SMILES string of the molecule is C[C@@]12[C@H]3[C@H]4C[C@H]([C@@H]5C=CC=C[C@@H]54)[C@H]3[C@]1(C)[C@@H]1[C@H]2[C@@H]2C[C@H]1c1ccccc12. The van der Waals surface area contributed by atoms with E-state index in [1.54, 1.807) is 11.1 Å². The first kappa shape index (κ1) is 13.8. The van der Waals surface area contributed by atoms with E-state index < -0.39 is 0 Å². The van der Waals surface area contributed by atoms with Crippen LogP contribution in [0.15, 0.2) is 48.6 Å². The Morgan fingerprint density at radius 3 is 1.69 bits per heavy atom. The van der Waals surface area contributed by atoms with Crippen LogP contribution in [-0.2, 0) is 0 Å². The lowest BCUT2D eigenvalue weighted by Gasteiger charge is -2.84. The molecule has 5 saturated carbocycles. The molecule has 0 amide bonds. The van der Waals surface area contributed by atoms with Crippen LogP contribution in [0, 0.1) is 58.2 Å². The van der Waals surface area contributed by atoms with Crippen LogP contribution in [0.1, 0.15) is 49.7 Å². The minimum absolute atomic E-state index is 0.634. The van der Waals surface area contributed by atoms with Crippen molar-refractivity contribution in [2.45, 2.75) is 38.5 Å². The Balaban J connectivity index is 1.28. The van der Waals surface area contributed by atoms with E-state index in [9.17, 15) is 0 Å². The quantitative estimate of drug-likeness (QED) is 0.414. The largest absolute Gasteiger partial charge is 0.0805 e. The molecule has 0 aromatic heterocycles. The molecule has 4 bridgehead atoms. The zero-order chi connectivity index (χ0) is 17.0. The Hall–Kier alpha value is -1.30. The molecule has 0 unspecified atom stereocenters. The van der Waals surface area contributed by atoms with E-state index in [1.165, 1.54) is 12.8 Å². The Morgan fingerprint density at radius 1 is 0.692 bits per heavy atom. The van der Waals surface area contributed by atoms with E-state index in [0.29, 0.717) is 10.8 Å². The summed E-state index contributed by atoms with van der Waals surface area (Å²) in [4.78, 5) is 0. The number of allylic oxidation sites excluding steroid dienone is 4. The number of benzene rings is 1. The standard InChI is InChI=1S/C26H28/c1-25-21-17-11-19(15-9-5-3-7-13(15)17)23(21)26(25,2)24-20-12-18(22(24)25)14-8-4-6-10-16(14)20/h3-10,13,15,17-24H,11-12H2,1-2H3/t13-,15+,17-,18+,19+,20-,21-,22+,23+,24-,25-,26+. The fourth-order valence-corrected chi connectivity index (χ4v) is 11.2. The highest BCUT2D eigenvalue weighted by atomic mass is 14.9. The summed E-state index contributed by atoms with van der Waals surface area (Å²) in [5.74, 6) is 9.55. The summed E-state index contributed by atoms with van der Waals surface area (Å²) in [6.45, 7) is 5.49. The van der Waals surface area contributed by atoms with E-state index in [2.05, 4.69) is 62.4 Å². The molecular formula is C26H28. The molecule has 5 fully saturated rings. The molecule has 0 heteroatoms. The highest BCUT2D eigenvalue weighted by molar-refractivity contribution is 5.51. The number of hydrogen-bond acceptors (Lipinski definition) is 0. The third kappa shape index (κ3) is 1.03. The predicted octanol–water partition coefficient (Wildman–Crippen LogP) is 5.78. The Bertz CT molecular complexity index is 849. The van der Waals surface area contributed by atoms with Gasteiger partial charge in [-0.05, 0) is 94.0 Å². The first-order valence-electron chi connectivity index (χ1n) is 11.1. The Morgan fingerprint density at radius 2 is 1.19 bits per heavy atom. The maximum atomic E-state index is 2.75. The molecule has 0 saturated heterocycles. The van der Waals surface area contributed by atoms with Crippen molar-refractivity contribution >= 4 is 0 Å². The summed E-state index contributed by atoms with van der Waals surface area (Å²) in [6.07, 6.45) is 12.9. The van der Waals surface area contributed by atoms with Gasteiger partial charge in [0.2, 0.25) is 0 Å². The van der Waals surface area contributed by atoms with Crippen LogP contribution in [0.5, 0.6) is 0 Å². The summed E-state index contributed by atoms with van der Waals surface area (Å²) in [5.41, 5.74) is 4.75. The summed E-state index contributed by atoms with van der Waals surface area (Å²) >= 11 is 0. The van der Waals surface area contributed by atoms with Crippen LogP contribution in [-0.4, -0.2) is 0 Å². The van der Waals surface area contributed by atoms with Crippen LogP contribution in [0.2, 0.25) is 0 Å². The van der Waals surface area contributed by atoms with Crippen molar-refractivity contribution in [2.75, 3.05) is 0 Å². The van der Waals surface area contributed by atoms with E-state index >= 15 is 0 Å². The van der Waals surface area contributed by atoms with Gasteiger partial charge in [0.15, 0.2) is 0 Å². The highest BCUT2D eigenvalue weighted by Crippen LogP contribution is 2.94. The Kier molecular flexibility index (Phi) is 2.02. The van der Waals surface area contributed by atoms with Gasteiger partial charge in [-0.15, -0.1) is 0 Å². The molecule has 0 heterocycles. The summed E-state index contributed by atoms with van der Waals surface area (Å²) in [7, 11) is 0. The second-order valence-electron chi connectivity index (χ2n) is 11.2. The van der Waals surface area contributed by atoms with E-state index in [0.717, 1.165) is 59.2 Å². The number of rotatable bonds is 0. The van der Waals surface area contributed by atoms with Gasteiger partial charge in [0.25, 0.3) is 0 Å². The van der Waals surface area contributed by atoms with Crippen molar-refractivity contribution in [3.8, 4) is 0 Å². The van der Waals surface area contributed by atoms with Gasteiger partial charge in [0.1, 0.15) is 0 Å². The molecule has 7 aliphatic rings. The van der Waals surface area contributed by atoms with E-state index in [1.807, 2.05) is 0 Å². The second kappa shape index (κ2) is 3.80. The third-order valence-corrected chi connectivity index (χ3v) is 11.6. The maximum absolute atomic E-state index is 2.75. The minimum Gasteiger partial charge on any atom is -0.0805 e. The summed E-state index contributed by atoms with van der Waals surface area (Å²) < 4.78 is 0. The Labute approximate surface area is 156 Å². The molecule has 0 N–H and O–H groups in total. The molecule has 8 rings (SSSR count). The fourth-order valence-electron chi connectivity index (χ4n) is 11.2. The maximum Gasteiger partial charge on any atom is -0.0116 e. The first-order chi connectivity index (χ1) is 12.7. The number of hydrogen-bond donors (Lipinski definition) is 0. The molecule has 26 heavy (non-hydrogen) atoms. The minimum atomic E-state index is 0.634. The molecule has 0 spiro atoms. The zero-order valence-corrected chi connectivity index (χ0v) is 15.8. The average molecular weight is 341 g/mol. The fraction of sp³-hybridized carbons (Fsp3) is 0.615. The molecule has 12 atom stereocenters. The number of fused-ring (bicyclic) bond motifs is 21. The third-order valence-electron chi connectivity index (χ3n) is 11.6. The monoisotopic (exact) mass is 340 g/mol. The van der Waals surface area contributed by atoms with Crippen LogP contribution < -0.4 is 0 Å². The van der Waals surface area contributed by atoms with Crippen molar-refractivity contribution < 1.29 is 0 Å². The van der Waals surface area contributed by atoms with Gasteiger partial charge in [-0.25, -0.2) is 0 Å². The van der Waals surface area contributed by atoms with Gasteiger partial charge in [-0.2, -0.15) is 0 Å². The second-order valence-corrected chi connectivity index (χ2v) is 11.2. The summed E-state index contributed by atoms with van der Waals surface area (Å²) in [5, 5.41) is 0. The van der Waals surface area contributed by atoms with Gasteiger partial charge in [-0.3, -0.25) is 0 Å². The lowest BCUT2D eigenvalue weighted by atomic mass is 9.19. The van der Waals surface area contributed by atoms with Crippen molar-refractivity contribution in [1.82, 2.24) is 0 Å². The normalized spacial score (nSPS) is 63.5. The molecule has 1 aromatic rings. The lowest BCUT2D eigenvalue weighted by Crippen LogP contribution is -2.81. The average Bonchev–Trinajstić information content (AvgIpc) is 3.42. The van der Waals surface area contributed by atoms with Crippen LogP contribution >= 0.6 is 0 Å². The van der Waals surface area contributed by atoms with Crippen molar-refractivity contribution in [3.63, 3.8) is 0 Å². The lowest BCUT2D eigenvalue weighted by molar-refractivity contribution is -0.367. The molecule has 0 nitrogen and oxygen atoms in total. The molecule has 0 radical (unpaired) electrons. The van der Waals surface area contributed by atoms with E-state index in [-0.39, 0.29) is 0 Å². The van der Waals surface area contributed by atoms with Gasteiger partial charge in [0.05, 0.1) is 0 Å². The predicted molar refractivity (Wildman–Crippen MR) is 104 cm³/mol. The molecule has 0 aliphatic heterocycles. The van der Waals surface area contributed by atoms with Gasteiger partial charge in [-0.1, -0.05) is 62.4 Å². The van der Waals surface area contributed by atoms with Crippen molar-refractivity contribution in [1.29, 1.82) is 0 Å². The molecule has 7 aliphatic carbocycles. The van der Waals surface area contributed by atoms with Gasteiger partial charge in [0, 0.05) is 0 Å². The van der Waals surface area contributed by atoms with Crippen LogP contribution in [0.3, 0.4) is 0 Å². The van der Waals surface area contributed by atoms with Crippen LogP contribution in [0.25, 0.3) is 0 Å². The highest BCUT2D eigenvalue weighted by Gasteiger charge is 2.89. The molecular weight excluding hydrogens is 312 g/mol. The van der Waals surface area contributed by atoms with Crippen molar-refractivity contribution in [3.05, 3.63) is 59.7 Å². The van der Waals surface area contributed by atoms with E-state index in [4.69, 9.17) is 0 Å². The first-order valence-corrected chi connectivity index (χ1v) is 11.1. The summed E-state index contributed by atoms with van der Waals surface area (Å²) in [6, 6.07) is 9.52. The van der Waals surface area contributed by atoms with Gasteiger partial charge < -0.3 is 0 Å². The topological polar surface area (TPSA) is 0 Å². The molecule has 1 aromatic carbocycles. The smallest absolute Gasteiger partial charge is 0.0116 e. The van der Waals surface area contributed by atoms with Crippen LogP contribution in [0.4, 0.5) is 0 Å². The van der Waals surface area contributed by atoms with Crippen molar-refractivity contribution in [2.24, 2.45) is 58.2 Å².